The van der Waals surface area contributed by atoms with Crippen LogP contribution >= 0.6 is 0 Å². The van der Waals surface area contributed by atoms with Gasteiger partial charge in [-0.15, -0.1) is 0 Å². The lowest BCUT2D eigenvalue weighted by atomic mass is 9.97. The van der Waals surface area contributed by atoms with Crippen LogP contribution in [0, 0.1) is 6.92 Å². The maximum Gasteiger partial charge on any atom is 0.311 e. The number of hydrogen-bond acceptors (Lipinski definition) is 6. The second kappa shape index (κ2) is 5.51. The minimum Gasteiger partial charge on any atom is -0.488 e. The average molecular weight is 337 g/mol. The third-order valence-electron chi connectivity index (χ3n) is 4.52. The maximum absolute atomic E-state index is 12.3. The van der Waals surface area contributed by atoms with Crippen LogP contribution in [0.25, 0.3) is 5.76 Å². The summed E-state index contributed by atoms with van der Waals surface area (Å²) in [5.41, 5.74) is 2.68. The summed E-state index contributed by atoms with van der Waals surface area (Å²) in [7, 11) is -3.60. The highest BCUT2D eigenvalue weighted by Crippen LogP contribution is 2.40. The van der Waals surface area contributed by atoms with Gasteiger partial charge in [0.15, 0.2) is 5.76 Å². The predicted molar refractivity (Wildman–Crippen MR) is 84.6 cm³/mol. The Balaban J connectivity index is 1.81. The number of ether oxygens (including phenoxy) is 2. The molecule has 4 rings (SSSR count). The van der Waals surface area contributed by atoms with Crippen LogP contribution in [-0.4, -0.2) is 58.0 Å². The minimum atomic E-state index is -3.60. The minimum absolute atomic E-state index is 0.0314. The zero-order valence-corrected chi connectivity index (χ0v) is 13.8. The lowest BCUT2D eigenvalue weighted by Crippen LogP contribution is -2.50. The summed E-state index contributed by atoms with van der Waals surface area (Å²) in [4.78, 5) is 2.16. The van der Waals surface area contributed by atoms with E-state index in [9.17, 15) is 8.42 Å². The van der Waals surface area contributed by atoms with E-state index in [1.807, 2.05) is 25.1 Å². The Morgan fingerprint density at radius 3 is 2.78 bits per heavy atom. The summed E-state index contributed by atoms with van der Waals surface area (Å²) in [5, 5.41) is 0. The molecule has 1 fully saturated rings. The summed E-state index contributed by atoms with van der Waals surface area (Å²) < 4.78 is 41.2. The molecule has 1 saturated heterocycles. The highest BCUT2D eigenvalue weighted by Gasteiger charge is 2.40. The van der Waals surface area contributed by atoms with Gasteiger partial charge in [0.1, 0.15) is 18.1 Å². The first-order valence-corrected chi connectivity index (χ1v) is 9.32. The second-order valence-corrected chi connectivity index (χ2v) is 7.73. The number of fused-ring (bicyclic) bond motifs is 2. The zero-order valence-electron chi connectivity index (χ0n) is 12.9. The van der Waals surface area contributed by atoms with E-state index in [1.54, 1.807) is 0 Å². The van der Waals surface area contributed by atoms with Gasteiger partial charge >= 0.3 is 10.1 Å². The van der Waals surface area contributed by atoms with Crippen LogP contribution in [0.1, 0.15) is 11.1 Å². The molecule has 0 spiro atoms. The fourth-order valence-electron chi connectivity index (χ4n) is 3.36. The molecule has 1 unspecified atom stereocenters. The molecule has 0 bridgehead atoms. The topological polar surface area (TPSA) is 65.1 Å². The Morgan fingerprint density at radius 1 is 1.22 bits per heavy atom. The smallest absolute Gasteiger partial charge is 0.311 e. The third-order valence-corrected chi connectivity index (χ3v) is 5.66. The van der Waals surface area contributed by atoms with Crippen molar-refractivity contribution in [3.63, 3.8) is 0 Å². The molecular weight excluding hydrogens is 318 g/mol. The van der Waals surface area contributed by atoms with Gasteiger partial charge < -0.3 is 13.7 Å². The molecule has 0 saturated carbocycles. The number of rotatable bonds is 1. The van der Waals surface area contributed by atoms with Gasteiger partial charge in [0.2, 0.25) is 0 Å². The highest BCUT2D eigenvalue weighted by atomic mass is 32.2. The quantitative estimate of drug-likeness (QED) is 0.717. The van der Waals surface area contributed by atoms with Gasteiger partial charge in [-0.25, -0.2) is 0 Å². The molecule has 7 heteroatoms. The summed E-state index contributed by atoms with van der Waals surface area (Å²) in [6, 6.07) is 5.52. The number of aryl methyl sites for hydroxylation is 1. The monoisotopic (exact) mass is 337 g/mol. The molecule has 1 aromatic rings. The molecule has 0 N–H and O–H groups in total. The van der Waals surface area contributed by atoms with Gasteiger partial charge in [-0.1, -0.05) is 11.6 Å². The van der Waals surface area contributed by atoms with Crippen molar-refractivity contribution in [3.8, 4) is 5.75 Å². The van der Waals surface area contributed by atoms with Crippen molar-refractivity contribution in [2.45, 2.75) is 13.0 Å². The largest absolute Gasteiger partial charge is 0.488 e. The van der Waals surface area contributed by atoms with Crippen LogP contribution in [0.15, 0.2) is 23.8 Å². The van der Waals surface area contributed by atoms with Crippen molar-refractivity contribution in [2.24, 2.45) is 0 Å². The van der Waals surface area contributed by atoms with Crippen molar-refractivity contribution in [1.82, 2.24) is 4.90 Å². The molecule has 0 aromatic heterocycles. The fourth-order valence-corrected chi connectivity index (χ4v) is 4.67. The van der Waals surface area contributed by atoms with Crippen LogP contribution in [0.4, 0.5) is 0 Å². The summed E-state index contributed by atoms with van der Waals surface area (Å²) in [6.07, 6.45) is 0. The van der Waals surface area contributed by atoms with Gasteiger partial charge in [0, 0.05) is 18.7 Å². The predicted octanol–water partition coefficient (Wildman–Crippen LogP) is 1.16. The Labute approximate surface area is 135 Å². The van der Waals surface area contributed by atoms with E-state index in [2.05, 4.69) is 4.90 Å². The lowest BCUT2D eigenvalue weighted by Gasteiger charge is -2.40. The van der Waals surface area contributed by atoms with E-state index in [0.717, 1.165) is 29.8 Å². The molecule has 0 radical (unpaired) electrons. The van der Waals surface area contributed by atoms with E-state index in [4.69, 9.17) is 13.7 Å². The number of benzene rings is 1. The molecule has 23 heavy (non-hydrogen) atoms. The van der Waals surface area contributed by atoms with Crippen LogP contribution in [0.5, 0.6) is 5.75 Å². The summed E-state index contributed by atoms with van der Waals surface area (Å²) >= 11 is 0. The van der Waals surface area contributed by atoms with E-state index < -0.39 is 10.1 Å². The second-order valence-electron chi connectivity index (χ2n) is 6.11. The van der Waals surface area contributed by atoms with Crippen LogP contribution < -0.4 is 4.74 Å². The lowest BCUT2D eigenvalue weighted by molar-refractivity contribution is 0.0246. The summed E-state index contributed by atoms with van der Waals surface area (Å²) in [5.74, 6) is 1.10. The van der Waals surface area contributed by atoms with Crippen molar-refractivity contribution in [1.29, 1.82) is 0 Å². The van der Waals surface area contributed by atoms with E-state index in [0.29, 0.717) is 31.3 Å². The fraction of sp³-hybridized carbons (Fsp3) is 0.500. The molecule has 124 valence electrons. The normalized spacial score (nSPS) is 26.7. The first-order valence-electron chi connectivity index (χ1n) is 7.74. The Bertz CT molecular complexity index is 765. The molecule has 6 nitrogen and oxygen atoms in total. The van der Waals surface area contributed by atoms with Crippen molar-refractivity contribution in [2.75, 3.05) is 38.7 Å². The van der Waals surface area contributed by atoms with Crippen LogP contribution in [-0.2, 0) is 19.0 Å². The molecule has 0 amide bonds. The molecule has 1 aromatic carbocycles. The molecule has 1 atom stereocenters. The molecule has 3 aliphatic rings. The molecular formula is C16H19NO5S. The van der Waals surface area contributed by atoms with Gasteiger partial charge in [0.25, 0.3) is 0 Å². The van der Waals surface area contributed by atoms with Gasteiger partial charge in [-0.05, 0) is 19.1 Å². The average Bonchev–Trinajstić information content (AvgIpc) is 2.54. The Hall–Kier alpha value is -1.57. The zero-order chi connectivity index (χ0) is 16.0. The van der Waals surface area contributed by atoms with Gasteiger partial charge in [-0.3, -0.25) is 4.90 Å². The molecule has 3 heterocycles. The third kappa shape index (κ3) is 2.73. The SMILES string of the molecule is Cc1ccc2c(c1)C1=C(CO2)C(N2CCOCC2)CS(=O)(=O)O1. The number of hydrogen-bond donors (Lipinski definition) is 0. The van der Waals surface area contributed by atoms with Crippen molar-refractivity contribution < 1.29 is 22.1 Å². The maximum atomic E-state index is 12.3. The Morgan fingerprint density at radius 2 is 2.00 bits per heavy atom. The van der Waals surface area contributed by atoms with E-state index in [-0.39, 0.29) is 11.8 Å². The standard InChI is InChI=1S/C16H19NO5S/c1-11-2-3-15-12(8-11)16-13(9-21-15)14(10-23(18,19)22-16)17-4-6-20-7-5-17/h2-3,8,14H,4-7,9-10H2,1H3. The van der Waals surface area contributed by atoms with Crippen molar-refractivity contribution >= 4 is 15.9 Å². The number of morpholine rings is 1. The summed E-state index contributed by atoms with van der Waals surface area (Å²) in [6.45, 7) is 5.01. The first-order chi connectivity index (χ1) is 11.0. The van der Waals surface area contributed by atoms with Crippen molar-refractivity contribution in [3.05, 3.63) is 34.9 Å². The van der Waals surface area contributed by atoms with Crippen LogP contribution in [0.3, 0.4) is 0 Å². The van der Waals surface area contributed by atoms with Gasteiger partial charge in [-0.2, -0.15) is 8.42 Å². The Kier molecular flexibility index (Phi) is 3.59. The highest BCUT2D eigenvalue weighted by molar-refractivity contribution is 7.87. The molecule has 3 aliphatic heterocycles. The van der Waals surface area contributed by atoms with E-state index in [1.165, 1.54) is 0 Å². The molecule has 0 aliphatic carbocycles. The van der Waals surface area contributed by atoms with Crippen LogP contribution in [0.2, 0.25) is 0 Å². The van der Waals surface area contributed by atoms with Gasteiger partial charge in [0.05, 0.1) is 24.8 Å². The van der Waals surface area contributed by atoms with E-state index >= 15 is 0 Å². The first kappa shape index (κ1) is 15.0. The number of nitrogens with zero attached hydrogens (tertiary/aromatic N) is 1.